The van der Waals surface area contributed by atoms with Crippen molar-refractivity contribution in [2.45, 2.75) is 31.8 Å². The van der Waals surface area contributed by atoms with Crippen LogP contribution < -0.4 is 5.32 Å². The van der Waals surface area contributed by atoms with Gasteiger partial charge in [0.2, 0.25) is 0 Å². The van der Waals surface area contributed by atoms with E-state index in [1.807, 2.05) is 0 Å². The van der Waals surface area contributed by atoms with E-state index in [0.29, 0.717) is 24.0 Å². The van der Waals surface area contributed by atoms with Crippen LogP contribution in [0, 0.1) is 0 Å². The first-order valence-electron chi connectivity index (χ1n) is 5.84. The van der Waals surface area contributed by atoms with E-state index in [-0.39, 0.29) is 0 Å². The fourth-order valence-corrected chi connectivity index (χ4v) is 2.58. The summed E-state index contributed by atoms with van der Waals surface area (Å²) in [6, 6.07) is 0. The second kappa shape index (κ2) is 4.49. The van der Waals surface area contributed by atoms with Gasteiger partial charge in [0.05, 0.1) is 12.7 Å². The molecule has 1 spiro atoms. The van der Waals surface area contributed by atoms with Gasteiger partial charge in [0.1, 0.15) is 5.60 Å². The summed E-state index contributed by atoms with van der Waals surface area (Å²) in [6.45, 7) is 3.25. The van der Waals surface area contributed by atoms with Crippen molar-refractivity contribution in [3.63, 3.8) is 0 Å². The molecule has 0 aromatic carbocycles. The molecule has 1 atom stereocenters. The average molecular weight is 239 g/mol. The van der Waals surface area contributed by atoms with Crippen molar-refractivity contribution in [2.24, 2.45) is 0 Å². The Morgan fingerprint density at radius 2 is 2.18 bits per heavy atom. The van der Waals surface area contributed by atoms with Gasteiger partial charge in [0, 0.05) is 12.0 Å². The highest BCUT2D eigenvalue weighted by Gasteiger charge is 2.49. The monoisotopic (exact) mass is 239 g/mol. The third-order valence-corrected chi connectivity index (χ3v) is 3.45. The predicted octanol–water partition coefficient (Wildman–Crippen LogP) is 0.545. The Kier molecular flexibility index (Phi) is 3.19. The number of hydrogen-bond donors (Lipinski definition) is 1. The molecule has 2 rings (SSSR count). The van der Waals surface area contributed by atoms with Gasteiger partial charge in [-0.3, -0.25) is 0 Å². The third-order valence-electron chi connectivity index (χ3n) is 3.45. The summed E-state index contributed by atoms with van der Waals surface area (Å²) in [4.78, 5) is 23.5. The Morgan fingerprint density at radius 3 is 2.88 bits per heavy atom. The van der Waals surface area contributed by atoms with Gasteiger partial charge in [0.25, 0.3) is 0 Å². The molecule has 1 unspecified atom stereocenters. The molecule has 5 nitrogen and oxygen atoms in total. The lowest BCUT2D eigenvalue weighted by Gasteiger charge is -2.28. The first-order chi connectivity index (χ1) is 8.10. The van der Waals surface area contributed by atoms with Crippen molar-refractivity contribution >= 4 is 11.9 Å². The van der Waals surface area contributed by atoms with Crippen LogP contribution in [-0.4, -0.2) is 37.7 Å². The molecule has 0 saturated carbocycles. The van der Waals surface area contributed by atoms with Gasteiger partial charge < -0.3 is 14.8 Å². The van der Waals surface area contributed by atoms with Crippen molar-refractivity contribution in [1.82, 2.24) is 5.32 Å². The summed E-state index contributed by atoms with van der Waals surface area (Å²) in [7, 11) is 1.33. The zero-order valence-electron chi connectivity index (χ0n) is 10.2. The minimum atomic E-state index is -0.766. The first kappa shape index (κ1) is 12.1. The third kappa shape index (κ3) is 1.95. The lowest BCUT2D eigenvalue weighted by molar-refractivity contribution is -0.149. The van der Waals surface area contributed by atoms with Gasteiger partial charge in [-0.05, 0) is 32.9 Å². The van der Waals surface area contributed by atoms with Crippen molar-refractivity contribution in [3.05, 3.63) is 11.1 Å². The Morgan fingerprint density at radius 1 is 1.41 bits per heavy atom. The highest BCUT2D eigenvalue weighted by Crippen LogP contribution is 2.40. The maximum atomic E-state index is 11.8. The van der Waals surface area contributed by atoms with E-state index in [2.05, 4.69) is 5.32 Å². The highest BCUT2D eigenvalue weighted by molar-refractivity contribution is 6.05. The minimum Gasteiger partial charge on any atom is -0.466 e. The van der Waals surface area contributed by atoms with Gasteiger partial charge in [-0.25, -0.2) is 9.59 Å². The quantitative estimate of drug-likeness (QED) is 0.677. The van der Waals surface area contributed by atoms with E-state index in [1.165, 1.54) is 7.11 Å². The summed E-state index contributed by atoms with van der Waals surface area (Å²) in [6.07, 6.45) is 2.18. The van der Waals surface area contributed by atoms with E-state index in [1.54, 1.807) is 6.92 Å². The zero-order chi connectivity index (χ0) is 12.5. The molecular formula is C12H17NO4. The van der Waals surface area contributed by atoms with E-state index in [4.69, 9.17) is 9.47 Å². The molecule has 2 aliphatic rings. The van der Waals surface area contributed by atoms with Crippen LogP contribution in [0.1, 0.15) is 26.2 Å². The number of esters is 2. The van der Waals surface area contributed by atoms with E-state index >= 15 is 0 Å². The second-order valence-corrected chi connectivity index (χ2v) is 4.48. The molecule has 1 N–H and O–H groups in total. The number of ether oxygens (including phenoxy) is 2. The van der Waals surface area contributed by atoms with Crippen LogP contribution in [0.2, 0.25) is 0 Å². The summed E-state index contributed by atoms with van der Waals surface area (Å²) in [5.74, 6) is -0.845. The average Bonchev–Trinajstić information content (AvgIpc) is 2.48. The molecular weight excluding hydrogens is 222 g/mol. The summed E-state index contributed by atoms with van der Waals surface area (Å²) < 4.78 is 10.2. The fourth-order valence-electron chi connectivity index (χ4n) is 2.58. The molecule has 2 aliphatic heterocycles. The SMILES string of the molecule is COC(=O)C1=C(C)C(=O)OC12CCCNCC2. The van der Waals surface area contributed by atoms with Crippen LogP contribution in [-0.2, 0) is 19.1 Å². The van der Waals surface area contributed by atoms with Crippen molar-refractivity contribution in [3.8, 4) is 0 Å². The zero-order valence-corrected chi connectivity index (χ0v) is 10.2. The highest BCUT2D eigenvalue weighted by atomic mass is 16.6. The molecule has 0 bridgehead atoms. The maximum absolute atomic E-state index is 11.8. The number of nitrogens with one attached hydrogen (secondary N) is 1. The molecule has 1 fully saturated rings. The van der Waals surface area contributed by atoms with Crippen molar-refractivity contribution in [2.75, 3.05) is 20.2 Å². The molecule has 2 heterocycles. The predicted molar refractivity (Wildman–Crippen MR) is 60.3 cm³/mol. The summed E-state index contributed by atoms with van der Waals surface area (Å²) in [5.41, 5.74) is 0.0325. The minimum absolute atomic E-state index is 0.388. The van der Waals surface area contributed by atoms with Crippen LogP contribution in [0.5, 0.6) is 0 Å². The molecule has 0 aliphatic carbocycles. The topological polar surface area (TPSA) is 64.6 Å². The lowest BCUT2D eigenvalue weighted by Crippen LogP contribution is -2.36. The standard InChI is InChI=1S/C12H17NO4/c1-8-9(11(15)16-2)12(17-10(8)14)4-3-6-13-7-5-12/h13H,3-7H2,1-2H3. The van der Waals surface area contributed by atoms with Gasteiger partial charge >= 0.3 is 11.9 Å². The van der Waals surface area contributed by atoms with Gasteiger partial charge in [0.15, 0.2) is 0 Å². The largest absolute Gasteiger partial charge is 0.466 e. The van der Waals surface area contributed by atoms with E-state index < -0.39 is 17.5 Å². The van der Waals surface area contributed by atoms with Crippen LogP contribution in [0.4, 0.5) is 0 Å². The van der Waals surface area contributed by atoms with Gasteiger partial charge in [-0.15, -0.1) is 0 Å². The second-order valence-electron chi connectivity index (χ2n) is 4.48. The number of methoxy groups -OCH3 is 1. The number of carbonyl (C=O) groups excluding carboxylic acids is 2. The Balaban J connectivity index is 2.39. The van der Waals surface area contributed by atoms with Gasteiger partial charge in [-0.1, -0.05) is 0 Å². The number of hydrogen-bond acceptors (Lipinski definition) is 5. The van der Waals surface area contributed by atoms with E-state index in [9.17, 15) is 9.59 Å². The van der Waals surface area contributed by atoms with E-state index in [0.717, 1.165) is 19.5 Å². The normalized spacial score (nSPS) is 29.2. The van der Waals surface area contributed by atoms with Gasteiger partial charge in [-0.2, -0.15) is 0 Å². The van der Waals surface area contributed by atoms with Crippen LogP contribution in [0.25, 0.3) is 0 Å². The van der Waals surface area contributed by atoms with Crippen molar-refractivity contribution in [1.29, 1.82) is 0 Å². The molecule has 0 amide bonds. The Hall–Kier alpha value is -1.36. The van der Waals surface area contributed by atoms with Crippen LogP contribution in [0.15, 0.2) is 11.1 Å². The molecule has 0 aromatic rings. The molecule has 17 heavy (non-hydrogen) atoms. The maximum Gasteiger partial charge on any atom is 0.338 e. The molecule has 5 heteroatoms. The first-order valence-corrected chi connectivity index (χ1v) is 5.84. The smallest absolute Gasteiger partial charge is 0.338 e. The molecule has 0 radical (unpaired) electrons. The molecule has 1 saturated heterocycles. The van der Waals surface area contributed by atoms with Crippen LogP contribution in [0.3, 0.4) is 0 Å². The number of carbonyl (C=O) groups is 2. The molecule has 0 aromatic heterocycles. The summed E-state index contributed by atoms with van der Waals surface area (Å²) >= 11 is 0. The number of rotatable bonds is 1. The summed E-state index contributed by atoms with van der Waals surface area (Å²) in [5, 5.41) is 3.24. The van der Waals surface area contributed by atoms with Crippen molar-refractivity contribution < 1.29 is 19.1 Å². The van der Waals surface area contributed by atoms with Crippen LogP contribution >= 0.6 is 0 Å². The molecule has 94 valence electrons. The Bertz CT molecular complexity index is 378. The Labute approximate surface area is 100 Å². The fraction of sp³-hybridized carbons (Fsp3) is 0.667. The lowest BCUT2D eigenvalue weighted by atomic mass is 9.85.